The van der Waals surface area contributed by atoms with Gasteiger partial charge in [0, 0.05) is 71.0 Å². The minimum Gasteiger partial charge on any atom is -0.497 e. The largest absolute Gasteiger partial charge is 0.497 e. The summed E-state index contributed by atoms with van der Waals surface area (Å²) < 4.78 is 37.5. The maximum atomic E-state index is 12.9. The maximum absolute atomic E-state index is 12.9. The number of hydrogen-bond donors (Lipinski definition) is 0. The van der Waals surface area contributed by atoms with Gasteiger partial charge in [-0.05, 0) is 19.9 Å². The number of halogens is 2. The van der Waals surface area contributed by atoms with Crippen LogP contribution in [0.2, 0.25) is 10.0 Å². The zero-order valence-electron chi connectivity index (χ0n) is 20.0. The van der Waals surface area contributed by atoms with Gasteiger partial charge in [-0.2, -0.15) is 4.31 Å². The first-order valence-electron chi connectivity index (χ1n) is 11.4. The van der Waals surface area contributed by atoms with E-state index in [2.05, 4.69) is 16.8 Å². The average Bonchev–Trinajstić information content (AvgIpc) is 2.81. The molecule has 0 bridgehead atoms. The zero-order valence-corrected chi connectivity index (χ0v) is 22.3. The summed E-state index contributed by atoms with van der Waals surface area (Å²) in [5.74, 6) is 0.301. The number of benzene rings is 1. The Labute approximate surface area is 212 Å². The molecule has 0 radical (unpaired) electrons. The fourth-order valence-electron chi connectivity index (χ4n) is 4.29. The summed E-state index contributed by atoms with van der Waals surface area (Å²) in [6.45, 7) is 5.86. The maximum Gasteiger partial charge on any atom is 0.248 e. The Kier molecular flexibility index (Phi) is 9.85. The molecule has 2 aliphatic heterocycles. The normalized spacial score (nSPS) is 19.1. The molecule has 34 heavy (non-hydrogen) atoms. The molecule has 0 spiro atoms. The van der Waals surface area contributed by atoms with Gasteiger partial charge < -0.3 is 19.3 Å². The van der Waals surface area contributed by atoms with Crippen LogP contribution in [0.3, 0.4) is 0 Å². The molecular weight excluding hydrogens is 503 g/mol. The molecule has 12 heteroatoms. The molecule has 2 aliphatic rings. The van der Waals surface area contributed by atoms with E-state index >= 15 is 0 Å². The van der Waals surface area contributed by atoms with Crippen LogP contribution in [0, 0.1) is 0 Å². The minimum atomic E-state index is -3.94. The molecule has 1 aromatic carbocycles. The molecule has 2 fully saturated rings. The lowest BCUT2D eigenvalue weighted by Gasteiger charge is -2.42. The van der Waals surface area contributed by atoms with Crippen molar-refractivity contribution in [2.75, 3.05) is 80.2 Å². The third-order valence-corrected chi connectivity index (χ3v) is 9.30. The van der Waals surface area contributed by atoms with Gasteiger partial charge in [-0.25, -0.2) is 8.42 Å². The van der Waals surface area contributed by atoms with Crippen molar-refractivity contribution < 1.29 is 22.7 Å². The van der Waals surface area contributed by atoms with Crippen LogP contribution in [0.1, 0.15) is 12.8 Å². The molecule has 1 amide bonds. The summed E-state index contributed by atoms with van der Waals surface area (Å²) in [7, 11) is 1.07. The fraction of sp³-hybridized carbons (Fsp3) is 0.682. The van der Waals surface area contributed by atoms with Crippen molar-refractivity contribution >= 4 is 39.1 Å². The van der Waals surface area contributed by atoms with Crippen molar-refractivity contribution in [3.63, 3.8) is 0 Å². The third-order valence-electron chi connectivity index (χ3n) is 6.52. The Balaban J connectivity index is 1.42. The minimum absolute atomic E-state index is 0.0210. The van der Waals surface area contributed by atoms with E-state index < -0.39 is 10.0 Å². The average molecular weight is 538 g/mol. The first-order valence-corrected chi connectivity index (χ1v) is 13.6. The number of methoxy groups -OCH3 is 1. The van der Waals surface area contributed by atoms with E-state index in [-0.39, 0.29) is 40.6 Å². The molecule has 2 heterocycles. The van der Waals surface area contributed by atoms with Gasteiger partial charge in [-0.15, -0.1) is 0 Å². The highest BCUT2D eigenvalue weighted by molar-refractivity contribution is 7.89. The fourth-order valence-corrected chi connectivity index (χ4v) is 6.58. The van der Waals surface area contributed by atoms with Gasteiger partial charge in [0.2, 0.25) is 15.9 Å². The van der Waals surface area contributed by atoms with Crippen LogP contribution in [-0.4, -0.2) is 120 Å². The van der Waals surface area contributed by atoms with Crippen molar-refractivity contribution in [2.24, 2.45) is 0 Å². The predicted molar refractivity (Wildman–Crippen MR) is 132 cm³/mol. The molecule has 0 aromatic heterocycles. The highest BCUT2D eigenvalue weighted by atomic mass is 35.5. The number of piperidine rings is 1. The van der Waals surface area contributed by atoms with E-state index in [4.69, 9.17) is 32.7 Å². The molecule has 1 aromatic rings. The van der Waals surface area contributed by atoms with Crippen molar-refractivity contribution in [1.29, 1.82) is 0 Å². The topological polar surface area (TPSA) is 82.6 Å². The van der Waals surface area contributed by atoms with Crippen LogP contribution in [0.15, 0.2) is 17.0 Å². The summed E-state index contributed by atoms with van der Waals surface area (Å²) in [6.07, 6.45) is 1.94. The number of hydrogen-bond acceptors (Lipinski definition) is 7. The van der Waals surface area contributed by atoms with Crippen molar-refractivity contribution in [3.8, 4) is 5.75 Å². The van der Waals surface area contributed by atoms with Gasteiger partial charge in [0.25, 0.3) is 0 Å². The molecular formula is C22H34Cl2N4O5S. The Morgan fingerprint density at radius 2 is 1.68 bits per heavy atom. The molecule has 0 unspecified atom stereocenters. The van der Waals surface area contributed by atoms with Gasteiger partial charge in [-0.3, -0.25) is 9.69 Å². The van der Waals surface area contributed by atoms with Crippen LogP contribution in [0.25, 0.3) is 0 Å². The lowest BCUT2D eigenvalue weighted by atomic mass is 10.0. The summed E-state index contributed by atoms with van der Waals surface area (Å²) in [5.41, 5.74) is 0. The second kappa shape index (κ2) is 12.2. The van der Waals surface area contributed by atoms with Gasteiger partial charge in [0.05, 0.1) is 23.8 Å². The van der Waals surface area contributed by atoms with E-state index in [1.807, 2.05) is 4.90 Å². The molecule has 0 atom stereocenters. The summed E-state index contributed by atoms with van der Waals surface area (Å²) >= 11 is 12.3. The predicted octanol–water partition coefficient (Wildman–Crippen LogP) is 1.88. The summed E-state index contributed by atoms with van der Waals surface area (Å²) in [5, 5.41) is -0.0421. The monoisotopic (exact) mass is 536 g/mol. The number of carbonyl (C=O) groups is 1. The van der Waals surface area contributed by atoms with Crippen molar-refractivity contribution in [2.45, 2.75) is 23.8 Å². The highest BCUT2D eigenvalue weighted by Crippen LogP contribution is 2.35. The number of sulfonamides is 1. The highest BCUT2D eigenvalue weighted by Gasteiger charge is 2.29. The van der Waals surface area contributed by atoms with E-state index in [1.54, 1.807) is 0 Å². The van der Waals surface area contributed by atoms with Gasteiger partial charge in [0.15, 0.2) is 0 Å². The van der Waals surface area contributed by atoms with Crippen LogP contribution in [-0.2, 0) is 19.6 Å². The van der Waals surface area contributed by atoms with E-state index in [9.17, 15) is 13.2 Å². The Hall–Kier alpha value is -1.14. The van der Waals surface area contributed by atoms with Gasteiger partial charge >= 0.3 is 0 Å². The lowest BCUT2D eigenvalue weighted by Crippen LogP contribution is -2.53. The van der Waals surface area contributed by atoms with Crippen LogP contribution in [0.5, 0.6) is 5.75 Å². The summed E-state index contributed by atoms with van der Waals surface area (Å²) in [4.78, 5) is 19.1. The molecule has 3 rings (SSSR count). The number of carbonyl (C=O) groups excluding carboxylic acids is 1. The Morgan fingerprint density at radius 3 is 2.24 bits per heavy atom. The number of ether oxygens (including phenoxy) is 2. The second-order valence-electron chi connectivity index (χ2n) is 8.75. The smallest absolute Gasteiger partial charge is 0.248 e. The number of nitrogens with zero attached hydrogens (tertiary/aromatic N) is 4. The number of amides is 1. The lowest BCUT2D eigenvalue weighted by molar-refractivity contribution is -0.137. The molecule has 9 nitrogen and oxygen atoms in total. The van der Waals surface area contributed by atoms with Crippen molar-refractivity contribution in [1.82, 2.24) is 19.0 Å². The van der Waals surface area contributed by atoms with Crippen molar-refractivity contribution in [3.05, 3.63) is 22.2 Å². The quantitative estimate of drug-likeness (QED) is 0.445. The molecule has 2 saturated heterocycles. The second-order valence-corrected chi connectivity index (χ2v) is 11.5. The van der Waals surface area contributed by atoms with E-state index in [0.717, 1.165) is 56.4 Å². The zero-order chi connectivity index (χ0) is 24.9. The molecule has 0 N–H and O–H groups in total. The van der Waals surface area contributed by atoms with Crippen LogP contribution < -0.4 is 4.74 Å². The van der Waals surface area contributed by atoms with Crippen LogP contribution >= 0.6 is 23.2 Å². The van der Waals surface area contributed by atoms with E-state index in [0.29, 0.717) is 11.8 Å². The van der Waals surface area contributed by atoms with E-state index in [1.165, 1.54) is 26.3 Å². The Morgan fingerprint density at radius 1 is 1.09 bits per heavy atom. The van der Waals surface area contributed by atoms with Crippen LogP contribution in [0.4, 0.5) is 0 Å². The molecule has 0 saturated carbocycles. The third kappa shape index (κ3) is 6.75. The molecule has 0 aliphatic carbocycles. The number of rotatable bonds is 9. The number of piperazine rings is 1. The van der Waals surface area contributed by atoms with Gasteiger partial charge in [0.1, 0.15) is 17.3 Å². The standard InChI is InChI=1S/C22H34Cl2N4O5S/c1-25-8-10-27(11-9-25)17-4-6-28(7-5-17)21(29)16-33-13-12-26(2)34(30,31)22-19(23)14-18(32-3)15-20(22)24/h14-15,17H,4-13,16H2,1-3H3. The van der Waals surface area contributed by atoms with Gasteiger partial charge in [-0.1, -0.05) is 23.2 Å². The Bertz CT molecular complexity index is 926. The first-order chi connectivity index (χ1) is 16.1. The number of likely N-dealkylation sites (tertiary alicyclic amines) is 1. The molecule has 192 valence electrons. The SMILES string of the molecule is COc1cc(Cl)c(S(=O)(=O)N(C)CCOCC(=O)N2CCC(N3CCN(C)CC3)CC2)c(Cl)c1. The first kappa shape index (κ1) is 27.4. The summed E-state index contributed by atoms with van der Waals surface area (Å²) in [6, 6.07) is 3.33. The number of likely N-dealkylation sites (N-methyl/N-ethyl adjacent to an activating group) is 2.